The third kappa shape index (κ3) is 3.54. The van der Waals surface area contributed by atoms with Gasteiger partial charge in [-0.15, -0.1) is 0 Å². The molecule has 1 heterocycles. The number of nitrogens with two attached hydrogens (primary N) is 1. The molecule has 4 nitrogen and oxygen atoms in total. The van der Waals surface area contributed by atoms with Gasteiger partial charge in [0.1, 0.15) is 0 Å². The van der Waals surface area contributed by atoms with Crippen molar-refractivity contribution in [1.82, 2.24) is 5.32 Å². The Labute approximate surface area is 85.9 Å². The van der Waals surface area contributed by atoms with E-state index < -0.39 is 0 Å². The molecule has 0 aromatic carbocycles. The van der Waals surface area contributed by atoms with Gasteiger partial charge in [0.15, 0.2) is 5.96 Å². The molecular formula is C10H21N3O. The molecule has 1 rings (SSSR count). The van der Waals surface area contributed by atoms with Crippen molar-refractivity contribution in [3.05, 3.63) is 0 Å². The maximum Gasteiger partial charge on any atom is 0.188 e. The second kappa shape index (κ2) is 5.20. The predicted molar refractivity (Wildman–Crippen MR) is 58.4 cm³/mol. The van der Waals surface area contributed by atoms with Crippen molar-refractivity contribution in [2.24, 2.45) is 10.7 Å². The van der Waals surface area contributed by atoms with E-state index >= 15 is 0 Å². The van der Waals surface area contributed by atoms with Gasteiger partial charge >= 0.3 is 0 Å². The van der Waals surface area contributed by atoms with Crippen LogP contribution < -0.4 is 11.1 Å². The van der Waals surface area contributed by atoms with Crippen LogP contribution in [0.5, 0.6) is 0 Å². The summed E-state index contributed by atoms with van der Waals surface area (Å²) < 4.78 is 5.60. The minimum Gasteiger partial charge on any atom is -0.373 e. The summed E-state index contributed by atoms with van der Waals surface area (Å²) in [6.45, 7) is 6.59. The molecule has 0 aromatic rings. The standard InChI is InChI=1S/C10H21N3O/c1-3-6-12-9(11)13-8-10(2)5-4-7-14-10/h3-8H2,1-2H3,(H3,11,12,13). The lowest BCUT2D eigenvalue weighted by molar-refractivity contribution is 0.0284. The number of rotatable bonds is 4. The summed E-state index contributed by atoms with van der Waals surface area (Å²) in [4.78, 5) is 4.27. The van der Waals surface area contributed by atoms with Crippen LogP contribution in [0.15, 0.2) is 4.99 Å². The van der Waals surface area contributed by atoms with Crippen LogP contribution >= 0.6 is 0 Å². The van der Waals surface area contributed by atoms with Crippen LogP contribution in [0.2, 0.25) is 0 Å². The summed E-state index contributed by atoms with van der Waals surface area (Å²) in [5, 5.41) is 3.05. The zero-order valence-electron chi connectivity index (χ0n) is 9.18. The van der Waals surface area contributed by atoms with Gasteiger partial charge in [-0.1, -0.05) is 6.92 Å². The lowest BCUT2D eigenvalue weighted by Gasteiger charge is -2.20. The van der Waals surface area contributed by atoms with Crippen molar-refractivity contribution >= 4 is 5.96 Å². The average Bonchev–Trinajstić information content (AvgIpc) is 2.60. The lowest BCUT2D eigenvalue weighted by Crippen LogP contribution is -2.35. The second-order valence-corrected chi connectivity index (χ2v) is 4.03. The fraction of sp³-hybridized carbons (Fsp3) is 0.900. The van der Waals surface area contributed by atoms with Crippen LogP contribution in [0.25, 0.3) is 0 Å². The van der Waals surface area contributed by atoms with Gasteiger partial charge in [-0.25, -0.2) is 0 Å². The highest BCUT2D eigenvalue weighted by atomic mass is 16.5. The van der Waals surface area contributed by atoms with Crippen molar-refractivity contribution in [3.8, 4) is 0 Å². The summed E-state index contributed by atoms with van der Waals surface area (Å²) in [6.07, 6.45) is 3.27. The fourth-order valence-electron chi connectivity index (χ4n) is 1.52. The molecular weight excluding hydrogens is 178 g/mol. The number of guanidine groups is 1. The second-order valence-electron chi connectivity index (χ2n) is 4.03. The van der Waals surface area contributed by atoms with E-state index in [-0.39, 0.29) is 5.60 Å². The Morgan fingerprint density at radius 1 is 1.64 bits per heavy atom. The van der Waals surface area contributed by atoms with Crippen LogP contribution in [0, 0.1) is 0 Å². The van der Waals surface area contributed by atoms with Crippen molar-refractivity contribution in [1.29, 1.82) is 0 Å². The Morgan fingerprint density at radius 2 is 2.43 bits per heavy atom. The highest BCUT2D eigenvalue weighted by Crippen LogP contribution is 2.24. The molecule has 1 saturated heterocycles. The number of nitrogens with zero attached hydrogens (tertiary/aromatic N) is 1. The molecule has 1 aliphatic heterocycles. The number of hydrogen-bond donors (Lipinski definition) is 2. The summed E-state index contributed by atoms with van der Waals surface area (Å²) in [6, 6.07) is 0. The SMILES string of the molecule is CCCNC(N)=NCC1(C)CCCO1. The van der Waals surface area contributed by atoms with E-state index in [1.807, 2.05) is 0 Å². The number of aliphatic imine (C=N–C) groups is 1. The molecule has 0 aromatic heterocycles. The molecule has 1 aliphatic rings. The Morgan fingerprint density at radius 3 is 3.00 bits per heavy atom. The Hall–Kier alpha value is -0.770. The largest absolute Gasteiger partial charge is 0.373 e. The van der Waals surface area contributed by atoms with Gasteiger partial charge < -0.3 is 15.8 Å². The molecule has 0 spiro atoms. The molecule has 3 N–H and O–H groups in total. The van der Waals surface area contributed by atoms with E-state index in [1.54, 1.807) is 0 Å². The number of ether oxygens (including phenoxy) is 1. The highest BCUT2D eigenvalue weighted by Gasteiger charge is 2.29. The van der Waals surface area contributed by atoms with E-state index in [0.717, 1.165) is 32.4 Å². The summed E-state index contributed by atoms with van der Waals surface area (Å²) in [5.41, 5.74) is 5.60. The minimum atomic E-state index is -0.0848. The van der Waals surface area contributed by atoms with Gasteiger partial charge in [0.05, 0.1) is 12.1 Å². The fourth-order valence-corrected chi connectivity index (χ4v) is 1.52. The average molecular weight is 199 g/mol. The molecule has 4 heteroatoms. The van der Waals surface area contributed by atoms with Crippen LogP contribution in [0.3, 0.4) is 0 Å². The molecule has 1 unspecified atom stereocenters. The minimum absolute atomic E-state index is 0.0848. The summed E-state index contributed by atoms with van der Waals surface area (Å²) in [7, 11) is 0. The first-order valence-corrected chi connectivity index (χ1v) is 5.34. The zero-order chi connectivity index (χ0) is 10.4. The first kappa shape index (κ1) is 11.3. The molecule has 1 fully saturated rings. The quantitative estimate of drug-likeness (QED) is 0.522. The monoisotopic (exact) mass is 199 g/mol. The van der Waals surface area contributed by atoms with Gasteiger partial charge in [-0.3, -0.25) is 4.99 Å². The van der Waals surface area contributed by atoms with E-state index in [0.29, 0.717) is 12.5 Å². The Bertz CT molecular complexity index is 198. The van der Waals surface area contributed by atoms with Gasteiger partial charge in [0.25, 0.3) is 0 Å². The topological polar surface area (TPSA) is 59.6 Å². The first-order valence-electron chi connectivity index (χ1n) is 5.34. The predicted octanol–water partition coefficient (Wildman–Crippen LogP) is 0.870. The smallest absolute Gasteiger partial charge is 0.188 e. The third-order valence-electron chi connectivity index (χ3n) is 2.44. The molecule has 0 aliphatic carbocycles. The maximum absolute atomic E-state index is 5.68. The molecule has 0 amide bonds. The van der Waals surface area contributed by atoms with Crippen LogP contribution in [0.4, 0.5) is 0 Å². The summed E-state index contributed by atoms with van der Waals surface area (Å²) in [5.74, 6) is 0.531. The lowest BCUT2D eigenvalue weighted by atomic mass is 10.0. The van der Waals surface area contributed by atoms with Crippen LogP contribution in [0.1, 0.15) is 33.1 Å². The van der Waals surface area contributed by atoms with Crippen molar-refractivity contribution in [2.45, 2.75) is 38.7 Å². The van der Waals surface area contributed by atoms with E-state index in [9.17, 15) is 0 Å². The highest BCUT2D eigenvalue weighted by molar-refractivity contribution is 5.77. The normalized spacial score (nSPS) is 28.0. The van der Waals surface area contributed by atoms with E-state index in [4.69, 9.17) is 10.5 Å². The van der Waals surface area contributed by atoms with E-state index in [1.165, 1.54) is 0 Å². The van der Waals surface area contributed by atoms with E-state index in [2.05, 4.69) is 24.2 Å². The summed E-state index contributed by atoms with van der Waals surface area (Å²) >= 11 is 0. The van der Waals surface area contributed by atoms with Gasteiger partial charge in [0, 0.05) is 13.2 Å². The number of hydrogen-bond acceptors (Lipinski definition) is 2. The van der Waals surface area contributed by atoms with Gasteiger partial charge in [0.2, 0.25) is 0 Å². The zero-order valence-corrected chi connectivity index (χ0v) is 9.18. The molecule has 14 heavy (non-hydrogen) atoms. The third-order valence-corrected chi connectivity index (χ3v) is 2.44. The molecule has 0 radical (unpaired) electrons. The first-order chi connectivity index (χ1) is 6.66. The molecule has 0 saturated carbocycles. The maximum atomic E-state index is 5.68. The number of nitrogens with one attached hydrogen (secondary N) is 1. The van der Waals surface area contributed by atoms with Crippen molar-refractivity contribution in [2.75, 3.05) is 19.7 Å². The van der Waals surface area contributed by atoms with Crippen molar-refractivity contribution < 1.29 is 4.74 Å². The Balaban J connectivity index is 2.29. The van der Waals surface area contributed by atoms with Gasteiger partial charge in [-0.2, -0.15) is 0 Å². The Kier molecular flexibility index (Phi) is 4.20. The molecule has 82 valence electrons. The molecule has 1 atom stereocenters. The van der Waals surface area contributed by atoms with Crippen LogP contribution in [-0.4, -0.2) is 31.3 Å². The van der Waals surface area contributed by atoms with Crippen LogP contribution in [-0.2, 0) is 4.74 Å². The van der Waals surface area contributed by atoms with Gasteiger partial charge in [-0.05, 0) is 26.2 Å². The molecule has 0 bridgehead atoms. The van der Waals surface area contributed by atoms with Crippen molar-refractivity contribution in [3.63, 3.8) is 0 Å².